The number of methoxy groups -OCH3 is 1. The fraction of sp³-hybridized carbons (Fsp3) is 0.722. The number of nitrogens with zero attached hydrogens (tertiary/aromatic N) is 3. The van der Waals surface area contributed by atoms with Gasteiger partial charge in [-0.15, -0.1) is 0 Å². The van der Waals surface area contributed by atoms with Gasteiger partial charge in [-0.2, -0.15) is 0 Å². The van der Waals surface area contributed by atoms with Gasteiger partial charge < -0.3 is 19.1 Å². The highest BCUT2D eigenvalue weighted by atomic mass is 16.5. The largest absolute Gasteiger partial charge is 0.380 e. The molecule has 0 radical (unpaired) electrons. The number of aryl methyl sites for hydroxylation is 1. The van der Waals surface area contributed by atoms with E-state index in [9.17, 15) is 9.59 Å². The van der Waals surface area contributed by atoms with Gasteiger partial charge >= 0.3 is 0 Å². The zero-order valence-electron chi connectivity index (χ0n) is 15.5. The number of hydrogen-bond donors (Lipinski definition) is 0. The number of rotatable bonds is 4. The molecule has 1 spiro atoms. The Labute approximate surface area is 148 Å². The van der Waals surface area contributed by atoms with Gasteiger partial charge in [0.25, 0.3) is 5.91 Å². The van der Waals surface area contributed by atoms with E-state index in [1.165, 1.54) is 0 Å². The lowest BCUT2D eigenvalue weighted by Crippen LogP contribution is -2.52. The zero-order chi connectivity index (χ0) is 18.2. The van der Waals surface area contributed by atoms with Gasteiger partial charge in [0.15, 0.2) is 5.69 Å². The third-order valence-electron chi connectivity index (χ3n) is 5.51. The van der Waals surface area contributed by atoms with Gasteiger partial charge in [0, 0.05) is 32.8 Å². The van der Waals surface area contributed by atoms with Crippen LogP contribution in [0.2, 0.25) is 0 Å². The van der Waals surface area contributed by atoms with Gasteiger partial charge in [-0.1, -0.05) is 5.16 Å². The second kappa shape index (κ2) is 6.78. The maximum absolute atomic E-state index is 13.0. The van der Waals surface area contributed by atoms with Gasteiger partial charge in [0.2, 0.25) is 5.91 Å². The van der Waals surface area contributed by atoms with Crippen molar-refractivity contribution < 1.29 is 18.8 Å². The summed E-state index contributed by atoms with van der Waals surface area (Å²) >= 11 is 0. The number of carbonyl (C=O) groups excluding carboxylic acids is 2. The molecule has 2 aliphatic heterocycles. The van der Waals surface area contributed by atoms with Gasteiger partial charge in [-0.25, -0.2) is 0 Å². The van der Waals surface area contributed by atoms with Gasteiger partial charge in [-0.3, -0.25) is 9.59 Å². The number of hydrogen-bond acceptors (Lipinski definition) is 5. The van der Waals surface area contributed by atoms with Crippen LogP contribution in [0.25, 0.3) is 0 Å². The highest BCUT2D eigenvalue weighted by molar-refractivity contribution is 5.95. The molecule has 2 aliphatic rings. The van der Waals surface area contributed by atoms with Crippen molar-refractivity contribution in [1.29, 1.82) is 0 Å². The summed E-state index contributed by atoms with van der Waals surface area (Å²) in [7, 11) is 1.58. The first kappa shape index (κ1) is 17.9. The van der Waals surface area contributed by atoms with Crippen molar-refractivity contribution >= 4 is 11.8 Å². The Hall–Kier alpha value is -1.89. The molecule has 0 bridgehead atoms. The number of piperidine rings is 1. The summed E-state index contributed by atoms with van der Waals surface area (Å²) in [5, 5.41) is 3.93. The maximum Gasteiger partial charge on any atom is 0.276 e. The summed E-state index contributed by atoms with van der Waals surface area (Å²) in [5.41, 5.74) is 0.561. The normalized spacial score (nSPS) is 24.0. The molecule has 0 N–H and O–H groups in total. The van der Waals surface area contributed by atoms with Crippen LogP contribution in [0.15, 0.2) is 4.52 Å². The van der Waals surface area contributed by atoms with Gasteiger partial charge in [0.1, 0.15) is 5.76 Å². The molecular formula is C18H27N3O4. The van der Waals surface area contributed by atoms with Crippen LogP contribution in [0.3, 0.4) is 0 Å². The summed E-state index contributed by atoms with van der Waals surface area (Å²) in [6.07, 6.45) is 2.56. The molecule has 0 saturated carbocycles. The van der Waals surface area contributed by atoms with Crippen molar-refractivity contribution in [3.8, 4) is 0 Å². The van der Waals surface area contributed by atoms with Crippen LogP contribution < -0.4 is 0 Å². The van der Waals surface area contributed by atoms with Gasteiger partial charge in [0.05, 0.1) is 17.6 Å². The molecule has 138 valence electrons. The van der Waals surface area contributed by atoms with E-state index in [1.807, 2.05) is 18.7 Å². The fourth-order valence-corrected chi connectivity index (χ4v) is 4.04. The van der Waals surface area contributed by atoms with Crippen LogP contribution in [0.4, 0.5) is 0 Å². The fourth-order valence-electron chi connectivity index (χ4n) is 4.04. The van der Waals surface area contributed by atoms with Gasteiger partial charge in [-0.05, 0) is 40.0 Å². The molecule has 7 nitrogen and oxygen atoms in total. The lowest BCUT2D eigenvalue weighted by molar-refractivity contribution is -0.147. The first-order valence-corrected chi connectivity index (χ1v) is 8.94. The Morgan fingerprint density at radius 1 is 1.36 bits per heavy atom. The number of amides is 2. The third kappa shape index (κ3) is 3.05. The second-order valence-electron chi connectivity index (χ2n) is 7.45. The van der Waals surface area contributed by atoms with E-state index in [1.54, 1.807) is 18.9 Å². The van der Waals surface area contributed by atoms with Crippen LogP contribution >= 0.6 is 0 Å². The molecule has 2 amide bonds. The third-order valence-corrected chi connectivity index (χ3v) is 5.51. The van der Waals surface area contributed by atoms with Crippen LogP contribution in [0, 0.1) is 12.3 Å². The maximum atomic E-state index is 13.0. The summed E-state index contributed by atoms with van der Waals surface area (Å²) in [6, 6.07) is 0.195. The Morgan fingerprint density at radius 3 is 2.80 bits per heavy atom. The van der Waals surface area contributed by atoms with Crippen molar-refractivity contribution in [3.05, 3.63) is 17.0 Å². The molecule has 0 aromatic carbocycles. The lowest BCUT2D eigenvalue weighted by atomic mass is 9.78. The molecule has 7 heteroatoms. The number of carbonyl (C=O) groups is 2. The van der Waals surface area contributed by atoms with E-state index in [2.05, 4.69) is 5.16 Å². The summed E-state index contributed by atoms with van der Waals surface area (Å²) in [4.78, 5) is 29.6. The number of likely N-dealkylation sites (tertiary alicyclic amines) is 2. The average molecular weight is 349 g/mol. The molecule has 3 rings (SSSR count). The van der Waals surface area contributed by atoms with E-state index in [4.69, 9.17) is 9.26 Å². The van der Waals surface area contributed by atoms with E-state index in [0.29, 0.717) is 30.1 Å². The van der Waals surface area contributed by atoms with Crippen molar-refractivity contribution in [2.24, 2.45) is 5.41 Å². The minimum atomic E-state index is -0.432. The Morgan fingerprint density at radius 2 is 2.12 bits per heavy atom. The molecule has 2 fully saturated rings. The molecule has 2 saturated heterocycles. The summed E-state index contributed by atoms with van der Waals surface area (Å²) in [6.45, 7) is 8.01. The van der Waals surface area contributed by atoms with Crippen molar-refractivity contribution in [2.75, 3.05) is 26.7 Å². The Bertz CT molecular complexity index is 669. The molecule has 1 atom stereocenters. The highest BCUT2D eigenvalue weighted by Crippen LogP contribution is 2.41. The number of ether oxygens (including phenoxy) is 1. The molecule has 1 aromatic rings. The molecule has 25 heavy (non-hydrogen) atoms. The molecule has 3 heterocycles. The SMILES string of the molecule is COCc1c(C(=O)N2CC[C@]3(CCCN(C(C)C)C3=O)C2)noc1C. The molecular weight excluding hydrogens is 322 g/mol. The standard InChI is InChI=1S/C18H27N3O4/c1-12(2)21-8-5-6-18(17(21)23)7-9-20(11-18)16(22)15-14(10-24-4)13(3)25-19-15/h12H,5-11H2,1-4H3/t18-/m1/s1. The predicted octanol–water partition coefficient (Wildman–Crippen LogP) is 1.99. The summed E-state index contributed by atoms with van der Waals surface area (Å²) < 4.78 is 10.3. The van der Waals surface area contributed by atoms with Crippen molar-refractivity contribution in [3.63, 3.8) is 0 Å². The Balaban J connectivity index is 1.78. The topological polar surface area (TPSA) is 75.9 Å². The van der Waals surface area contributed by atoms with Crippen molar-refractivity contribution in [2.45, 2.75) is 52.7 Å². The first-order valence-electron chi connectivity index (χ1n) is 8.94. The van der Waals surface area contributed by atoms with Crippen LogP contribution in [0.5, 0.6) is 0 Å². The Kier molecular flexibility index (Phi) is 4.86. The first-order chi connectivity index (χ1) is 11.9. The van der Waals surface area contributed by atoms with E-state index >= 15 is 0 Å². The second-order valence-corrected chi connectivity index (χ2v) is 7.45. The minimum absolute atomic E-state index is 0.171. The number of aromatic nitrogens is 1. The lowest BCUT2D eigenvalue weighted by Gasteiger charge is -2.41. The smallest absolute Gasteiger partial charge is 0.276 e. The average Bonchev–Trinajstić information content (AvgIpc) is 3.16. The summed E-state index contributed by atoms with van der Waals surface area (Å²) in [5.74, 6) is 0.617. The molecule has 0 unspecified atom stereocenters. The molecule has 1 aromatic heterocycles. The highest BCUT2D eigenvalue weighted by Gasteiger charge is 2.50. The molecule has 0 aliphatic carbocycles. The zero-order valence-corrected chi connectivity index (χ0v) is 15.5. The van der Waals surface area contributed by atoms with Crippen LogP contribution in [0.1, 0.15) is 54.9 Å². The van der Waals surface area contributed by atoms with Crippen LogP contribution in [-0.4, -0.2) is 59.6 Å². The van der Waals surface area contributed by atoms with Crippen molar-refractivity contribution in [1.82, 2.24) is 15.0 Å². The predicted molar refractivity (Wildman–Crippen MR) is 91.0 cm³/mol. The monoisotopic (exact) mass is 349 g/mol. The van der Waals surface area contributed by atoms with E-state index < -0.39 is 5.41 Å². The van der Waals surface area contributed by atoms with E-state index in [-0.39, 0.29) is 24.5 Å². The minimum Gasteiger partial charge on any atom is -0.380 e. The quantitative estimate of drug-likeness (QED) is 0.831. The van der Waals surface area contributed by atoms with Crippen LogP contribution in [-0.2, 0) is 16.1 Å². The van der Waals surface area contributed by atoms with E-state index in [0.717, 1.165) is 25.8 Å².